The lowest BCUT2D eigenvalue weighted by atomic mass is 10.4. The number of rotatable bonds is 1. The molecule has 1 nitrogen and oxygen atoms in total. The summed E-state index contributed by atoms with van der Waals surface area (Å²) in [5.74, 6) is 0. The van der Waals surface area contributed by atoms with Gasteiger partial charge in [0, 0.05) is 21.8 Å². The quantitative estimate of drug-likeness (QED) is 0.379. The van der Waals surface area contributed by atoms with Crippen LogP contribution in [0.15, 0.2) is 39.7 Å². The third-order valence-electron chi connectivity index (χ3n) is 0.973. The highest BCUT2D eigenvalue weighted by Crippen LogP contribution is 2.06. The Morgan fingerprint density at radius 3 is 2.60 bits per heavy atom. The van der Waals surface area contributed by atoms with Gasteiger partial charge < -0.3 is 0 Å². The van der Waals surface area contributed by atoms with Gasteiger partial charge in [0.2, 0.25) is 0 Å². The second kappa shape index (κ2) is 4.29. The Bertz CT molecular complexity index is 252. The smallest absolute Gasteiger partial charge is 0.0471 e. The molecule has 10 heavy (non-hydrogen) atoms. The molecule has 1 aromatic carbocycles. The van der Waals surface area contributed by atoms with E-state index in [0.29, 0.717) is 0 Å². The Morgan fingerprint density at radius 1 is 1.30 bits per heavy atom. The zero-order chi connectivity index (χ0) is 7.23. The third-order valence-corrected chi connectivity index (χ3v) is 1.93. The van der Waals surface area contributed by atoms with Gasteiger partial charge in [-0.3, -0.25) is 0 Å². The fourth-order valence-corrected chi connectivity index (χ4v) is 1.17. The van der Waals surface area contributed by atoms with Crippen LogP contribution in [-0.4, -0.2) is 5.16 Å². The standard InChI is InChI=1S/C7H6ClNS/c8-9-6-10-7-4-2-1-3-5-7/h1-5,10H. The largest absolute Gasteiger partial charge is 0.127 e. The highest BCUT2D eigenvalue weighted by Gasteiger charge is 1.77. The van der Waals surface area contributed by atoms with E-state index in [2.05, 4.69) is 9.67 Å². The molecule has 3 heteroatoms. The molecular weight excluding hydrogens is 166 g/mol. The Balaban J connectivity index is 2.87. The fourth-order valence-electron chi connectivity index (χ4n) is 0.579. The van der Waals surface area contributed by atoms with Crippen molar-refractivity contribution >= 4 is 28.3 Å². The molecule has 0 amide bonds. The fraction of sp³-hybridized carbons (Fsp3) is 0. The minimum Gasteiger partial charge on any atom is -0.127 e. The highest BCUT2D eigenvalue weighted by atomic mass is 35.5. The van der Waals surface area contributed by atoms with Gasteiger partial charge in [0.1, 0.15) is 0 Å². The first kappa shape index (κ1) is 7.55. The molecule has 0 aliphatic heterocycles. The molecule has 0 saturated carbocycles. The number of benzene rings is 1. The zero-order valence-electron chi connectivity index (χ0n) is 5.16. The zero-order valence-corrected chi connectivity index (χ0v) is 6.81. The number of hydrogen-bond acceptors (Lipinski definition) is 1. The summed E-state index contributed by atoms with van der Waals surface area (Å²) in [5, 5.41) is 2.63. The van der Waals surface area contributed by atoms with Crippen molar-refractivity contribution in [2.75, 3.05) is 0 Å². The molecule has 0 aliphatic carbocycles. The lowest BCUT2D eigenvalue weighted by Gasteiger charge is -1.85. The van der Waals surface area contributed by atoms with E-state index < -0.39 is 0 Å². The molecule has 0 spiro atoms. The Kier molecular flexibility index (Phi) is 3.23. The molecule has 1 rings (SSSR count). The number of hydrogen-bond donors (Lipinski definition) is 1. The summed E-state index contributed by atoms with van der Waals surface area (Å²) in [6.45, 7) is 0. The van der Waals surface area contributed by atoms with Gasteiger partial charge in [0.25, 0.3) is 0 Å². The first-order valence-electron chi connectivity index (χ1n) is 2.75. The maximum absolute atomic E-state index is 5.06. The van der Waals surface area contributed by atoms with E-state index >= 15 is 0 Å². The van der Waals surface area contributed by atoms with E-state index in [0.717, 1.165) is 16.2 Å². The van der Waals surface area contributed by atoms with Crippen LogP contribution in [-0.2, 0) is 0 Å². The molecule has 0 unspecified atom stereocenters. The van der Waals surface area contributed by atoms with Crippen molar-refractivity contribution in [2.24, 2.45) is 4.51 Å². The van der Waals surface area contributed by atoms with E-state index in [-0.39, 0.29) is 0 Å². The summed E-state index contributed by atoms with van der Waals surface area (Å²) >= 11 is 5.97. The van der Waals surface area contributed by atoms with Gasteiger partial charge >= 0.3 is 0 Å². The Labute approximate surface area is 68.4 Å². The molecule has 0 heterocycles. The molecule has 0 aliphatic rings. The lowest BCUT2D eigenvalue weighted by Crippen LogP contribution is -1.60. The van der Waals surface area contributed by atoms with Crippen LogP contribution in [0.2, 0.25) is 0 Å². The van der Waals surface area contributed by atoms with Gasteiger partial charge in [-0.25, -0.2) is 0 Å². The van der Waals surface area contributed by atoms with Gasteiger partial charge in [-0.1, -0.05) is 18.2 Å². The Hall–Kier alpha value is -0.560. The average Bonchev–Trinajstić information content (AvgIpc) is 2.03. The van der Waals surface area contributed by atoms with Crippen molar-refractivity contribution in [1.82, 2.24) is 0 Å². The number of thiol groups is 1. The average molecular weight is 172 g/mol. The Morgan fingerprint density at radius 2 is 2.00 bits per heavy atom. The van der Waals surface area contributed by atoms with Crippen LogP contribution in [0.4, 0.5) is 0 Å². The van der Waals surface area contributed by atoms with Gasteiger partial charge in [0.15, 0.2) is 0 Å². The summed E-state index contributed by atoms with van der Waals surface area (Å²) in [6.07, 6.45) is 0. The predicted molar refractivity (Wildman–Crippen MR) is 47.0 cm³/mol. The van der Waals surface area contributed by atoms with E-state index in [1.54, 1.807) is 0 Å². The summed E-state index contributed by atoms with van der Waals surface area (Å²) in [4.78, 5) is 1.15. The van der Waals surface area contributed by atoms with Crippen molar-refractivity contribution < 1.29 is 0 Å². The van der Waals surface area contributed by atoms with Crippen molar-refractivity contribution in [1.29, 1.82) is 0 Å². The van der Waals surface area contributed by atoms with E-state index in [1.807, 2.05) is 30.3 Å². The van der Waals surface area contributed by atoms with E-state index in [1.165, 1.54) is 0 Å². The van der Waals surface area contributed by atoms with Gasteiger partial charge in [0.05, 0.1) is 0 Å². The maximum Gasteiger partial charge on any atom is 0.0471 e. The molecule has 1 aromatic rings. The van der Waals surface area contributed by atoms with Crippen LogP contribution >= 0.6 is 23.1 Å². The van der Waals surface area contributed by atoms with Crippen LogP contribution in [0.25, 0.3) is 0 Å². The van der Waals surface area contributed by atoms with Crippen LogP contribution in [0.1, 0.15) is 0 Å². The van der Waals surface area contributed by atoms with Gasteiger partial charge in [-0.2, -0.15) is 0 Å². The molecule has 0 fully saturated rings. The number of isothiocyanates is 1. The topological polar surface area (TPSA) is 12.4 Å². The van der Waals surface area contributed by atoms with Crippen LogP contribution in [0.3, 0.4) is 0 Å². The molecule has 0 bridgehead atoms. The molecule has 0 radical (unpaired) electrons. The van der Waals surface area contributed by atoms with E-state index in [4.69, 9.17) is 11.8 Å². The normalized spacial score (nSPS) is 8.50. The van der Waals surface area contributed by atoms with Crippen LogP contribution in [0.5, 0.6) is 0 Å². The molecule has 0 aromatic heterocycles. The third kappa shape index (κ3) is 2.36. The molecular formula is C7H6ClNS. The second-order valence-corrected chi connectivity index (χ2v) is 2.74. The van der Waals surface area contributed by atoms with Crippen LogP contribution in [0, 0.1) is 0 Å². The molecule has 52 valence electrons. The van der Waals surface area contributed by atoms with Crippen molar-refractivity contribution in [3.8, 4) is 0 Å². The van der Waals surface area contributed by atoms with Crippen molar-refractivity contribution in [3.63, 3.8) is 0 Å². The summed E-state index contributed by atoms with van der Waals surface area (Å²) < 4.78 is 3.24. The molecule has 0 N–H and O–H groups in total. The number of halogens is 1. The summed E-state index contributed by atoms with van der Waals surface area (Å²) in [5.41, 5.74) is 0. The maximum atomic E-state index is 5.06. The molecule has 0 atom stereocenters. The van der Waals surface area contributed by atoms with Gasteiger partial charge in [-0.05, 0) is 12.1 Å². The second-order valence-electron chi connectivity index (χ2n) is 1.63. The molecule has 0 saturated heterocycles. The minimum atomic E-state index is 0.914. The van der Waals surface area contributed by atoms with Crippen LogP contribution < -0.4 is 0 Å². The predicted octanol–water partition coefficient (Wildman–Crippen LogP) is 2.57. The minimum absolute atomic E-state index is 0.914. The lowest BCUT2D eigenvalue weighted by molar-refractivity contribution is 1.48. The first-order valence-corrected chi connectivity index (χ1v) is 3.98. The summed E-state index contributed by atoms with van der Waals surface area (Å²) in [7, 11) is 0. The number of nitrogens with zero attached hydrogens (tertiary/aromatic N) is 1. The van der Waals surface area contributed by atoms with E-state index in [9.17, 15) is 0 Å². The summed E-state index contributed by atoms with van der Waals surface area (Å²) in [6, 6.07) is 9.90. The van der Waals surface area contributed by atoms with Crippen molar-refractivity contribution in [2.45, 2.75) is 4.90 Å². The highest BCUT2D eigenvalue weighted by molar-refractivity contribution is 7.97. The SMILES string of the molecule is ClN=C=[SH]c1ccccc1. The van der Waals surface area contributed by atoms with Crippen molar-refractivity contribution in [3.05, 3.63) is 30.3 Å². The first-order chi connectivity index (χ1) is 4.93. The monoisotopic (exact) mass is 171 g/mol. The van der Waals surface area contributed by atoms with Gasteiger partial charge in [-0.15, -0.1) is 15.9 Å².